The highest BCUT2D eigenvalue weighted by Gasteiger charge is 2.18. The van der Waals surface area contributed by atoms with Crippen LogP contribution in [0.1, 0.15) is 25.3 Å². The normalized spacial score (nSPS) is 11.6. The number of pyridine rings is 1. The van der Waals surface area contributed by atoms with E-state index in [1.165, 1.54) is 13.1 Å². The van der Waals surface area contributed by atoms with Crippen LogP contribution in [0.5, 0.6) is 5.75 Å². The number of aromatic nitrogens is 1. The molecular weight excluding hydrogens is 391 g/mol. The van der Waals surface area contributed by atoms with Crippen molar-refractivity contribution in [3.05, 3.63) is 52.1 Å². The highest BCUT2D eigenvalue weighted by molar-refractivity contribution is 6.31. The first-order valence-electron chi connectivity index (χ1n) is 8.36. The number of aryl methyl sites for hydroxylation is 1. The molecule has 1 N–H and O–H groups in total. The van der Waals surface area contributed by atoms with Crippen LogP contribution in [-0.4, -0.2) is 29.6 Å². The average molecular weight is 411 g/mol. The molecule has 1 aromatic heterocycles. The lowest BCUT2D eigenvalue weighted by Crippen LogP contribution is -2.30. The van der Waals surface area contributed by atoms with Crippen LogP contribution < -0.4 is 10.1 Å². The number of esters is 1. The molecule has 0 radical (unpaired) electrons. The van der Waals surface area contributed by atoms with Gasteiger partial charge in [-0.15, -0.1) is 0 Å². The minimum absolute atomic E-state index is 0.142. The molecule has 0 aliphatic rings. The highest BCUT2D eigenvalue weighted by atomic mass is 35.5. The van der Waals surface area contributed by atoms with E-state index in [-0.39, 0.29) is 6.42 Å². The third kappa shape index (κ3) is 7.07. The van der Waals surface area contributed by atoms with Crippen molar-refractivity contribution in [2.45, 2.75) is 32.8 Å². The van der Waals surface area contributed by atoms with Gasteiger partial charge < -0.3 is 14.8 Å². The largest absolute Gasteiger partial charge is 0.494 e. The SMILES string of the molecule is Cc1cc(OCCCC(=O)OC(C)C(=O)Nc2ccc(Cl)cn2)ccc1Cl. The van der Waals surface area contributed by atoms with Crippen molar-refractivity contribution in [3.63, 3.8) is 0 Å². The first-order chi connectivity index (χ1) is 12.8. The number of benzene rings is 1. The molecule has 1 unspecified atom stereocenters. The van der Waals surface area contributed by atoms with E-state index in [0.29, 0.717) is 34.6 Å². The third-order valence-corrected chi connectivity index (χ3v) is 4.23. The van der Waals surface area contributed by atoms with Gasteiger partial charge in [-0.1, -0.05) is 23.2 Å². The van der Waals surface area contributed by atoms with Gasteiger partial charge in [0.15, 0.2) is 6.10 Å². The number of nitrogens with one attached hydrogen (secondary N) is 1. The van der Waals surface area contributed by atoms with Gasteiger partial charge in [-0.25, -0.2) is 4.98 Å². The lowest BCUT2D eigenvalue weighted by molar-refractivity contribution is -0.153. The molecule has 2 rings (SSSR count). The average Bonchev–Trinajstić information content (AvgIpc) is 2.63. The van der Waals surface area contributed by atoms with Crippen LogP contribution in [0.15, 0.2) is 36.5 Å². The molecule has 0 aliphatic heterocycles. The molecule has 8 heteroatoms. The number of hydrogen-bond donors (Lipinski definition) is 1. The van der Waals surface area contributed by atoms with E-state index in [1.807, 2.05) is 13.0 Å². The fraction of sp³-hybridized carbons (Fsp3) is 0.316. The molecule has 2 aromatic rings. The standard InChI is InChI=1S/C19H20Cl2N2O4/c1-12-10-15(6-7-16(12)21)26-9-3-4-18(24)27-13(2)19(25)23-17-8-5-14(20)11-22-17/h5-8,10-11,13H,3-4,9H2,1-2H3,(H,22,23,25). The Morgan fingerprint density at radius 3 is 2.67 bits per heavy atom. The molecule has 0 saturated carbocycles. The van der Waals surface area contributed by atoms with E-state index in [9.17, 15) is 9.59 Å². The molecule has 0 aliphatic carbocycles. The number of carbonyl (C=O) groups is 2. The number of amides is 1. The van der Waals surface area contributed by atoms with Crippen LogP contribution in [0.2, 0.25) is 10.0 Å². The molecule has 0 fully saturated rings. The maximum absolute atomic E-state index is 12.0. The van der Waals surface area contributed by atoms with Crippen LogP contribution in [-0.2, 0) is 14.3 Å². The number of halogens is 2. The summed E-state index contributed by atoms with van der Waals surface area (Å²) in [7, 11) is 0. The molecule has 1 heterocycles. The fourth-order valence-corrected chi connectivity index (χ4v) is 2.33. The zero-order valence-corrected chi connectivity index (χ0v) is 16.5. The zero-order chi connectivity index (χ0) is 19.8. The summed E-state index contributed by atoms with van der Waals surface area (Å²) in [4.78, 5) is 27.8. The molecule has 0 spiro atoms. The monoisotopic (exact) mass is 410 g/mol. The fourth-order valence-electron chi connectivity index (χ4n) is 2.10. The Bertz CT molecular complexity index is 797. The summed E-state index contributed by atoms with van der Waals surface area (Å²) < 4.78 is 10.7. The molecule has 0 saturated heterocycles. The first kappa shape index (κ1) is 21.0. The zero-order valence-electron chi connectivity index (χ0n) is 15.0. The molecule has 0 bridgehead atoms. The quantitative estimate of drug-likeness (QED) is 0.514. The molecule has 1 amide bonds. The van der Waals surface area contributed by atoms with Crippen LogP contribution in [0.3, 0.4) is 0 Å². The van der Waals surface area contributed by atoms with Gasteiger partial charge in [0, 0.05) is 17.6 Å². The van der Waals surface area contributed by atoms with Crippen molar-refractivity contribution in [2.75, 3.05) is 11.9 Å². The van der Waals surface area contributed by atoms with E-state index in [0.717, 1.165) is 5.56 Å². The number of ether oxygens (including phenoxy) is 2. The molecule has 1 atom stereocenters. The number of hydrogen-bond acceptors (Lipinski definition) is 5. The van der Waals surface area contributed by atoms with Gasteiger partial charge in [-0.05, 0) is 56.2 Å². The first-order valence-corrected chi connectivity index (χ1v) is 9.11. The maximum Gasteiger partial charge on any atom is 0.306 e. The number of nitrogens with zero attached hydrogens (tertiary/aromatic N) is 1. The summed E-state index contributed by atoms with van der Waals surface area (Å²) in [5, 5.41) is 3.69. The van der Waals surface area contributed by atoms with Crippen molar-refractivity contribution in [1.82, 2.24) is 4.98 Å². The lowest BCUT2D eigenvalue weighted by atomic mass is 10.2. The van der Waals surface area contributed by atoms with E-state index in [4.69, 9.17) is 32.7 Å². The Labute approximate surface area is 167 Å². The van der Waals surface area contributed by atoms with Gasteiger partial charge in [0.05, 0.1) is 11.6 Å². The van der Waals surface area contributed by atoms with Gasteiger partial charge in [-0.2, -0.15) is 0 Å². The lowest BCUT2D eigenvalue weighted by Gasteiger charge is -2.13. The summed E-state index contributed by atoms with van der Waals surface area (Å²) in [6, 6.07) is 8.52. The number of anilines is 1. The molecule has 27 heavy (non-hydrogen) atoms. The smallest absolute Gasteiger partial charge is 0.306 e. The van der Waals surface area contributed by atoms with E-state index < -0.39 is 18.0 Å². The maximum atomic E-state index is 12.0. The Kier molecular flexibility index (Phi) is 7.88. The van der Waals surface area contributed by atoms with E-state index in [1.54, 1.807) is 24.3 Å². The summed E-state index contributed by atoms with van der Waals surface area (Å²) >= 11 is 11.7. The minimum Gasteiger partial charge on any atom is -0.494 e. The number of carbonyl (C=O) groups excluding carboxylic acids is 2. The van der Waals surface area contributed by atoms with Crippen LogP contribution in [0, 0.1) is 6.92 Å². The van der Waals surface area contributed by atoms with Crippen molar-refractivity contribution < 1.29 is 19.1 Å². The second kappa shape index (κ2) is 10.1. The van der Waals surface area contributed by atoms with Crippen LogP contribution >= 0.6 is 23.2 Å². The van der Waals surface area contributed by atoms with Crippen LogP contribution in [0.4, 0.5) is 5.82 Å². The summed E-state index contributed by atoms with van der Waals surface area (Å²) in [5.74, 6) is 0.0797. The van der Waals surface area contributed by atoms with Gasteiger partial charge in [0.25, 0.3) is 5.91 Å². The summed E-state index contributed by atoms with van der Waals surface area (Å²) in [5.41, 5.74) is 0.920. The highest BCUT2D eigenvalue weighted by Crippen LogP contribution is 2.21. The van der Waals surface area contributed by atoms with Gasteiger partial charge in [0.2, 0.25) is 0 Å². The summed E-state index contributed by atoms with van der Waals surface area (Å²) in [6.45, 7) is 3.74. The van der Waals surface area contributed by atoms with Gasteiger partial charge in [0.1, 0.15) is 11.6 Å². The van der Waals surface area contributed by atoms with Gasteiger partial charge >= 0.3 is 5.97 Å². The van der Waals surface area contributed by atoms with Crippen molar-refractivity contribution >= 4 is 40.9 Å². The molecule has 144 valence electrons. The van der Waals surface area contributed by atoms with Crippen molar-refractivity contribution in [2.24, 2.45) is 0 Å². The Balaban J connectivity index is 1.68. The predicted octanol–water partition coefficient (Wildman–Crippen LogP) is 4.43. The molecule has 6 nitrogen and oxygen atoms in total. The van der Waals surface area contributed by atoms with E-state index >= 15 is 0 Å². The third-order valence-electron chi connectivity index (χ3n) is 3.58. The molecule has 1 aromatic carbocycles. The van der Waals surface area contributed by atoms with Gasteiger partial charge in [-0.3, -0.25) is 9.59 Å². The topological polar surface area (TPSA) is 77.5 Å². The Morgan fingerprint density at radius 1 is 1.22 bits per heavy atom. The minimum atomic E-state index is -0.935. The Morgan fingerprint density at radius 2 is 2.00 bits per heavy atom. The number of rotatable bonds is 8. The summed E-state index contributed by atoms with van der Waals surface area (Å²) in [6.07, 6.45) is 1.09. The predicted molar refractivity (Wildman–Crippen MR) is 104 cm³/mol. The van der Waals surface area contributed by atoms with Crippen molar-refractivity contribution in [3.8, 4) is 5.75 Å². The van der Waals surface area contributed by atoms with E-state index in [2.05, 4.69) is 10.3 Å². The van der Waals surface area contributed by atoms with Crippen LogP contribution in [0.25, 0.3) is 0 Å². The second-order valence-corrected chi connectivity index (χ2v) is 6.69. The second-order valence-electron chi connectivity index (χ2n) is 5.85. The van der Waals surface area contributed by atoms with Crippen molar-refractivity contribution in [1.29, 1.82) is 0 Å². The molecular formula is C19H20Cl2N2O4. The Hall–Kier alpha value is -2.31.